The largest absolute Gasteiger partial charge is 0.484 e. The highest BCUT2D eigenvalue weighted by Gasteiger charge is 2.47. The van der Waals surface area contributed by atoms with Crippen molar-refractivity contribution >= 4 is 17.5 Å². The number of fused-ring (bicyclic) bond motifs is 1. The summed E-state index contributed by atoms with van der Waals surface area (Å²) in [6, 6.07) is 19.0. The molecule has 5 nitrogen and oxygen atoms in total. The zero-order valence-electron chi connectivity index (χ0n) is 17.2. The summed E-state index contributed by atoms with van der Waals surface area (Å²) < 4.78 is 19.5. The second-order valence-electron chi connectivity index (χ2n) is 8.24. The third-order valence-electron chi connectivity index (χ3n) is 6.11. The average molecular weight is 429 g/mol. The average Bonchev–Trinajstić information content (AvgIpc) is 3.21. The van der Waals surface area contributed by atoms with Crippen molar-refractivity contribution < 1.29 is 23.5 Å². The smallest absolute Gasteiger partial charge is 0.254 e. The first-order valence-corrected chi connectivity index (χ1v) is 10.5. The molecule has 0 N–H and O–H groups in total. The predicted molar refractivity (Wildman–Crippen MR) is 116 cm³/mol. The maximum absolute atomic E-state index is 13.4. The van der Waals surface area contributed by atoms with Gasteiger partial charge in [0.1, 0.15) is 17.2 Å². The maximum atomic E-state index is 13.4. The predicted octanol–water partition coefficient (Wildman–Crippen LogP) is 4.31. The summed E-state index contributed by atoms with van der Waals surface area (Å²) in [5.74, 6) is -0.515. The molecule has 1 spiro atoms. The minimum atomic E-state index is -0.753. The van der Waals surface area contributed by atoms with Crippen LogP contribution in [0.25, 0.3) is 0 Å². The third-order valence-corrected chi connectivity index (χ3v) is 6.11. The van der Waals surface area contributed by atoms with E-state index < -0.39 is 11.4 Å². The number of amides is 1. The lowest BCUT2D eigenvalue weighted by Gasteiger charge is -2.34. The molecule has 0 aromatic heterocycles. The van der Waals surface area contributed by atoms with Gasteiger partial charge in [-0.2, -0.15) is 0 Å². The third kappa shape index (κ3) is 3.47. The lowest BCUT2D eigenvalue weighted by molar-refractivity contribution is 0.0428. The van der Waals surface area contributed by atoms with Gasteiger partial charge in [-0.1, -0.05) is 30.3 Å². The number of ether oxygens (including phenoxy) is 1. The van der Waals surface area contributed by atoms with Crippen molar-refractivity contribution in [3.05, 3.63) is 101 Å². The van der Waals surface area contributed by atoms with E-state index in [4.69, 9.17) is 4.74 Å². The number of para-hydroxylation sites is 1. The van der Waals surface area contributed by atoms with E-state index in [1.54, 1.807) is 47.4 Å². The van der Waals surface area contributed by atoms with E-state index in [0.717, 1.165) is 0 Å². The molecule has 1 fully saturated rings. The van der Waals surface area contributed by atoms with Gasteiger partial charge in [0.2, 0.25) is 0 Å². The standard InChI is InChI=1S/C26H20FNO4/c27-18-11-9-17(10-12-18)24(30)19-5-1-2-6-20(19)25(31)28-14-13-26(16-28)15-22(29)21-7-3-4-8-23(21)32-26/h1-12H,13-16H2. The van der Waals surface area contributed by atoms with Gasteiger partial charge >= 0.3 is 0 Å². The fourth-order valence-corrected chi connectivity index (χ4v) is 4.48. The lowest BCUT2D eigenvalue weighted by Crippen LogP contribution is -2.45. The first-order valence-electron chi connectivity index (χ1n) is 10.5. The van der Waals surface area contributed by atoms with Crippen molar-refractivity contribution in [1.29, 1.82) is 0 Å². The Hall–Kier alpha value is -3.80. The van der Waals surface area contributed by atoms with E-state index in [-0.39, 0.29) is 41.6 Å². The van der Waals surface area contributed by atoms with E-state index in [0.29, 0.717) is 29.8 Å². The second kappa shape index (κ2) is 7.71. The lowest BCUT2D eigenvalue weighted by atomic mass is 9.89. The number of Topliss-reactive ketones (excluding diaryl/α,β-unsaturated/α-hetero) is 1. The number of rotatable bonds is 3. The number of hydrogen-bond acceptors (Lipinski definition) is 4. The molecule has 0 aliphatic carbocycles. The van der Waals surface area contributed by atoms with Gasteiger partial charge in [-0.3, -0.25) is 14.4 Å². The molecule has 2 aliphatic rings. The summed E-state index contributed by atoms with van der Waals surface area (Å²) in [5.41, 5.74) is 0.662. The van der Waals surface area contributed by atoms with Crippen LogP contribution in [0.2, 0.25) is 0 Å². The van der Waals surface area contributed by atoms with Crippen LogP contribution in [0.15, 0.2) is 72.8 Å². The molecule has 1 atom stereocenters. The molecule has 160 valence electrons. The van der Waals surface area contributed by atoms with Crippen molar-refractivity contribution in [1.82, 2.24) is 4.90 Å². The molecule has 1 unspecified atom stereocenters. The topological polar surface area (TPSA) is 63.7 Å². The highest BCUT2D eigenvalue weighted by Crippen LogP contribution is 2.39. The van der Waals surface area contributed by atoms with Crippen LogP contribution in [0.1, 0.15) is 49.5 Å². The van der Waals surface area contributed by atoms with Crippen molar-refractivity contribution in [3.63, 3.8) is 0 Å². The van der Waals surface area contributed by atoms with Crippen LogP contribution in [0.3, 0.4) is 0 Å². The molecule has 0 bridgehead atoms. The van der Waals surface area contributed by atoms with Gasteiger partial charge in [-0.25, -0.2) is 4.39 Å². The summed E-state index contributed by atoms with van der Waals surface area (Å²) >= 11 is 0. The van der Waals surface area contributed by atoms with Gasteiger partial charge in [0.15, 0.2) is 11.6 Å². The van der Waals surface area contributed by atoms with E-state index in [2.05, 4.69) is 0 Å². The zero-order valence-corrected chi connectivity index (χ0v) is 17.2. The van der Waals surface area contributed by atoms with E-state index in [1.165, 1.54) is 24.3 Å². The Morgan fingerprint density at radius 2 is 1.59 bits per heavy atom. The number of benzene rings is 3. The Bertz CT molecular complexity index is 1240. The van der Waals surface area contributed by atoms with E-state index >= 15 is 0 Å². The Labute approximate surface area is 184 Å². The SMILES string of the molecule is O=C1CC2(CCN(C(=O)c3ccccc3C(=O)c3ccc(F)cc3)C2)Oc2ccccc21. The molecule has 0 radical (unpaired) electrons. The summed E-state index contributed by atoms with van der Waals surface area (Å²) in [6.07, 6.45) is 0.747. The molecular weight excluding hydrogens is 409 g/mol. The van der Waals surface area contributed by atoms with Crippen LogP contribution >= 0.6 is 0 Å². The van der Waals surface area contributed by atoms with Crippen molar-refractivity contribution in [2.45, 2.75) is 18.4 Å². The Kier molecular flexibility index (Phi) is 4.85. The fourth-order valence-electron chi connectivity index (χ4n) is 4.48. The molecular formula is C26H20FNO4. The molecule has 32 heavy (non-hydrogen) atoms. The summed E-state index contributed by atoms with van der Waals surface area (Å²) in [6.45, 7) is 0.693. The van der Waals surface area contributed by atoms with Crippen molar-refractivity contribution in [3.8, 4) is 5.75 Å². The second-order valence-corrected chi connectivity index (χ2v) is 8.24. The molecule has 6 heteroatoms. The van der Waals surface area contributed by atoms with Crippen molar-refractivity contribution in [2.75, 3.05) is 13.1 Å². The summed E-state index contributed by atoms with van der Waals surface area (Å²) in [4.78, 5) is 40.7. The first-order chi connectivity index (χ1) is 15.5. The number of hydrogen-bond donors (Lipinski definition) is 0. The number of carbonyl (C=O) groups is 3. The molecule has 2 aliphatic heterocycles. The highest BCUT2D eigenvalue weighted by molar-refractivity contribution is 6.15. The minimum absolute atomic E-state index is 0.00744. The normalized spacial score (nSPS) is 19.5. The fraction of sp³-hybridized carbons (Fsp3) is 0.192. The Balaban J connectivity index is 1.40. The van der Waals surface area contributed by atoms with Gasteiger partial charge in [0.05, 0.1) is 24.1 Å². The van der Waals surface area contributed by atoms with Crippen LogP contribution in [-0.2, 0) is 0 Å². The Morgan fingerprint density at radius 1 is 0.906 bits per heavy atom. The molecule has 3 aromatic rings. The molecule has 3 aromatic carbocycles. The maximum Gasteiger partial charge on any atom is 0.254 e. The van der Waals surface area contributed by atoms with Gasteiger partial charge in [-0.15, -0.1) is 0 Å². The quantitative estimate of drug-likeness (QED) is 0.582. The Morgan fingerprint density at radius 3 is 2.38 bits per heavy atom. The molecule has 0 saturated carbocycles. The molecule has 5 rings (SSSR count). The number of halogens is 1. The molecule has 2 heterocycles. The summed E-state index contributed by atoms with van der Waals surface area (Å²) in [7, 11) is 0. The van der Waals surface area contributed by atoms with Crippen LogP contribution in [0.4, 0.5) is 4.39 Å². The van der Waals surface area contributed by atoms with Gasteiger partial charge in [0.25, 0.3) is 5.91 Å². The van der Waals surface area contributed by atoms with Crippen molar-refractivity contribution in [2.24, 2.45) is 0 Å². The van der Waals surface area contributed by atoms with Crippen LogP contribution in [-0.4, -0.2) is 41.1 Å². The van der Waals surface area contributed by atoms with Gasteiger partial charge in [0, 0.05) is 24.1 Å². The van der Waals surface area contributed by atoms with Crippen LogP contribution < -0.4 is 4.74 Å². The van der Waals surface area contributed by atoms with E-state index in [1.807, 2.05) is 6.07 Å². The highest BCUT2D eigenvalue weighted by atomic mass is 19.1. The van der Waals surface area contributed by atoms with Crippen LogP contribution in [0.5, 0.6) is 5.75 Å². The van der Waals surface area contributed by atoms with E-state index in [9.17, 15) is 18.8 Å². The van der Waals surface area contributed by atoms with Crippen LogP contribution in [0, 0.1) is 5.82 Å². The monoisotopic (exact) mass is 429 g/mol. The number of likely N-dealkylation sites (tertiary alicyclic amines) is 1. The van der Waals surface area contributed by atoms with Gasteiger partial charge in [-0.05, 0) is 42.5 Å². The first kappa shape index (κ1) is 20.1. The number of nitrogens with zero attached hydrogens (tertiary/aromatic N) is 1. The van der Waals surface area contributed by atoms with Gasteiger partial charge < -0.3 is 9.64 Å². The number of ketones is 2. The molecule has 1 saturated heterocycles. The molecule has 1 amide bonds. The number of carbonyl (C=O) groups excluding carboxylic acids is 3. The summed E-state index contributed by atoms with van der Waals surface area (Å²) in [5, 5.41) is 0. The minimum Gasteiger partial charge on any atom is -0.484 e. The zero-order chi connectivity index (χ0) is 22.3.